The van der Waals surface area contributed by atoms with Gasteiger partial charge in [0.1, 0.15) is 0 Å². The maximum absolute atomic E-state index is 11.8. The van der Waals surface area contributed by atoms with Crippen molar-refractivity contribution in [3.63, 3.8) is 0 Å². The fraction of sp³-hybridized carbons (Fsp3) is 0.529. The Morgan fingerprint density at radius 3 is 2.33 bits per heavy atom. The smallest absolute Gasteiger partial charge is 0.225 e. The predicted octanol–water partition coefficient (Wildman–Crippen LogP) is 3.46. The Balaban J connectivity index is 0.00000529. The van der Waals surface area contributed by atoms with E-state index in [9.17, 15) is 4.79 Å². The van der Waals surface area contributed by atoms with Crippen LogP contribution in [-0.2, 0) is 4.79 Å². The zero-order valence-electron chi connectivity index (χ0n) is 14.9. The Morgan fingerprint density at radius 2 is 1.79 bits per heavy atom. The highest BCUT2D eigenvalue weighted by molar-refractivity contribution is 14.0. The van der Waals surface area contributed by atoms with Crippen molar-refractivity contribution in [3.05, 3.63) is 34.3 Å². The number of rotatable bonds is 5. The van der Waals surface area contributed by atoms with Gasteiger partial charge in [0.15, 0.2) is 5.96 Å². The Morgan fingerprint density at radius 1 is 1.21 bits per heavy atom. The zero-order chi connectivity index (χ0) is 17.5. The molecule has 0 radical (unpaired) electrons. The van der Waals surface area contributed by atoms with Gasteiger partial charge < -0.3 is 16.0 Å². The van der Waals surface area contributed by atoms with E-state index >= 15 is 0 Å². The van der Waals surface area contributed by atoms with Crippen LogP contribution in [0.4, 0.5) is 0 Å². The third kappa shape index (κ3) is 7.83. The van der Waals surface area contributed by atoms with E-state index in [-0.39, 0.29) is 41.3 Å². The minimum Gasteiger partial charge on any atom is -0.355 e. The highest BCUT2D eigenvalue weighted by Gasteiger charge is 2.20. The highest BCUT2D eigenvalue weighted by Crippen LogP contribution is 2.22. The molecule has 0 heterocycles. The first-order valence-electron chi connectivity index (χ1n) is 7.75. The Hall–Kier alpha value is -0.830. The van der Waals surface area contributed by atoms with Gasteiger partial charge in [-0.15, -0.1) is 24.0 Å². The molecule has 0 aromatic heterocycles. The van der Waals surface area contributed by atoms with E-state index in [1.165, 1.54) is 0 Å². The van der Waals surface area contributed by atoms with Gasteiger partial charge in [0.05, 0.1) is 6.04 Å². The Bertz CT molecular complexity index is 558. The lowest BCUT2D eigenvalue weighted by Crippen LogP contribution is -2.44. The minimum atomic E-state index is -0.367. The van der Waals surface area contributed by atoms with E-state index in [1.807, 2.05) is 39.0 Å². The van der Waals surface area contributed by atoms with Crippen LogP contribution in [0.3, 0.4) is 0 Å². The van der Waals surface area contributed by atoms with Crippen LogP contribution in [0.2, 0.25) is 0 Å². The van der Waals surface area contributed by atoms with Crippen molar-refractivity contribution in [2.45, 2.75) is 33.7 Å². The molecule has 0 aliphatic carbocycles. The molecule has 1 atom stereocenters. The van der Waals surface area contributed by atoms with Gasteiger partial charge >= 0.3 is 0 Å². The summed E-state index contributed by atoms with van der Waals surface area (Å²) >= 11 is 3.56. The van der Waals surface area contributed by atoms with Crippen molar-refractivity contribution < 1.29 is 4.79 Å². The lowest BCUT2D eigenvalue weighted by molar-refractivity contribution is -0.128. The molecule has 0 aliphatic rings. The number of halogens is 2. The van der Waals surface area contributed by atoms with Crippen molar-refractivity contribution in [1.29, 1.82) is 0 Å². The molecule has 7 heteroatoms. The molecule has 3 N–H and O–H groups in total. The van der Waals surface area contributed by atoms with Gasteiger partial charge in [-0.2, -0.15) is 0 Å². The van der Waals surface area contributed by atoms with Crippen LogP contribution in [-0.4, -0.2) is 32.0 Å². The summed E-state index contributed by atoms with van der Waals surface area (Å²) in [6, 6.07) is 8.20. The van der Waals surface area contributed by atoms with Crippen LogP contribution in [0.15, 0.2) is 33.7 Å². The molecule has 5 nitrogen and oxygen atoms in total. The zero-order valence-corrected chi connectivity index (χ0v) is 18.9. The van der Waals surface area contributed by atoms with Crippen LogP contribution in [0.5, 0.6) is 0 Å². The molecule has 0 fully saturated rings. The second-order valence-corrected chi connectivity index (χ2v) is 7.25. The number of aliphatic imine (C=N–C) groups is 1. The highest BCUT2D eigenvalue weighted by atomic mass is 127. The molecular weight excluding hydrogens is 483 g/mol. The molecule has 0 spiro atoms. The molecule has 0 aliphatic heterocycles. The first-order valence-corrected chi connectivity index (χ1v) is 8.55. The average molecular weight is 511 g/mol. The molecule has 0 saturated heterocycles. The monoisotopic (exact) mass is 510 g/mol. The molecule has 1 rings (SSSR count). The maximum Gasteiger partial charge on any atom is 0.225 e. The van der Waals surface area contributed by atoms with Crippen molar-refractivity contribution in [1.82, 2.24) is 16.0 Å². The number of amides is 1. The van der Waals surface area contributed by atoms with Crippen LogP contribution in [0, 0.1) is 5.41 Å². The molecule has 1 amide bonds. The van der Waals surface area contributed by atoms with Crippen LogP contribution >= 0.6 is 39.9 Å². The molecular formula is C17H28BrIN4O. The second-order valence-electron chi connectivity index (χ2n) is 6.39. The Kier molecular flexibility index (Phi) is 10.5. The third-order valence-electron chi connectivity index (χ3n) is 3.33. The van der Waals surface area contributed by atoms with Crippen LogP contribution in [0.25, 0.3) is 0 Å². The van der Waals surface area contributed by atoms with Crippen molar-refractivity contribution in [3.8, 4) is 0 Å². The number of carbonyl (C=O) groups excluding carboxylic acids is 1. The van der Waals surface area contributed by atoms with Crippen molar-refractivity contribution in [2.75, 3.05) is 20.1 Å². The quantitative estimate of drug-likeness (QED) is 0.246. The van der Waals surface area contributed by atoms with Gasteiger partial charge in [-0.05, 0) is 18.6 Å². The molecule has 1 unspecified atom stereocenters. The summed E-state index contributed by atoms with van der Waals surface area (Å²) in [6.45, 7) is 8.94. The van der Waals surface area contributed by atoms with E-state index in [0.29, 0.717) is 19.0 Å². The topological polar surface area (TPSA) is 65.5 Å². The molecule has 136 valence electrons. The van der Waals surface area contributed by atoms with E-state index < -0.39 is 0 Å². The normalized spacial score (nSPS) is 12.8. The minimum absolute atomic E-state index is 0. The number of nitrogens with zero attached hydrogens (tertiary/aromatic N) is 1. The first-order chi connectivity index (χ1) is 10.8. The van der Waals surface area contributed by atoms with E-state index in [2.05, 4.69) is 49.9 Å². The van der Waals surface area contributed by atoms with Crippen LogP contribution < -0.4 is 16.0 Å². The lowest BCUT2D eigenvalue weighted by atomic mass is 9.96. The summed E-state index contributed by atoms with van der Waals surface area (Å²) in [7, 11) is 1.73. The van der Waals surface area contributed by atoms with Gasteiger partial charge in [-0.3, -0.25) is 9.79 Å². The first kappa shape index (κ1) is 23.2. The second kappa shape index (κ2) is 10.9. The summed E-state index contributed by atoms with van der Waals surface area (Å²) in [4.78, 5) is 16.0. The van der Waals surface area contributed by atoms with Gasteiger partial charge in [0.2, 0.25) is 5.91 Å². The van der Waals surface area contributed by atoms with E-state index in [0.717, 1.165) is 10.0 Å². The molecule has 24 heavy (non-hydrogen) atoms. The SMILES string of the molecule is CN=C(NCCNC(=O)C(C)(C)C)NC(C)c1ccccc1Br.I. The fourth-order valence-electron chi connectivity index (χ4n) is 1.93. The Labute approximate surface area is 170 Å². The predicted molar refractivity (Wildman–Crippen MR) is 115 cm³/mol. The summed E-state index contributed by atoms with van der Waals surface area (Å²) in [5, 5.41) is 9.45. The number of carbonyl (C=O) groups is 1. The largest absolute Gasteiger partial charge is 0.355 e. The number of hydrogen-bond donors (Lipinski definition) is 3. The van der Waals surface area contributed by atoms with Gasteiger partial charge in [-0.25, -0.2) is 0 Å². The van der Waals surface area contributed by atoms with Crippen molar-refractivity contribution >= 4 is 51.8 Å². The standard InChI is InChI=1S/C17H27BrN4O.HI/c1-12(13-8-6-7-9-14(13)18)22-16(19-5)21-11-10-20-15(23)17(2,3)4;/h6-9,12H,10-11H2,1-5H3,(H,20,23)(H2,19,21,22);1H. The molecule has 1 aromatic rings. The van der Waals surface area contributed by atoms with Gasteiger partial charge in [0.25, 0.3) is 0 Å². The van der Waals surface area contributed by atoms with Crippen molar-refractivity contribution in [2.24, 2.45) is 10.4 Å². The third-order valence-corrected chi connectivity index (χ3v) is 4.05. The molecule has 0 bridgehead atoms. The maximum atomic E-state index is 11.8. The number of hydrogen-bond acceptors (Lipinski definition) is 2. The summed E-state index contributed by atoms with van der Waals surface area (Å²) in [5.74, 6) is 0.752. The number of guanidine groups is 1. The molecule has 1 aromatic carbocycles. The number of nitrogens with one attached hydrogen (secondary N) is 3. The summed E-state index contributed by atoms with van der Waals surface area (Å²) < 4.78 is 1.06. The van der Waals surface area contributed by atoms with E-state index in [4.69, 9.17) is 0 Å². The van der Waals surface area contributed by atoms with Gasteiger partial charge in [-0.1, -0.05) is 54.9 Å². The molecule has 0 saturated carbocycles. The number of benzene rings is 1. The average Bonchev–Trinajstić information content (AvgIpc) is 2.49. The van der Waals surface area contributed by atoms with Gasteiger partial charge in [0, 0.05) is 30.0 Å². The summed E-state index contributed by atoms with van der Waals surface area (Å²) in [6.07, 6.45) is 0. The van der Waals surface area contributed by atoms with Crippen LogP contribution in [0.1, 0.15) is 39.3 Å². The lowest BCUT2D eigenvalue weighted by Gasteiger charge is -2.20. The summed E-state index contributed by atoms with van der Waals surface area (Å²) in [5.41, 5.74) is 0.796. The fourth-order valence-corrected chi connectivity index (χ4v) is 2.55. The van der Waals surface area contributed by atoms with E-state index in [1.54, 1.807) is 7.05 Å².